The number of amides is 2. The highest BCUT2D eigenvalue weighted by Gasteiger charge is 2.21. The number of nitrogens with zero attached hydrogens (tertiary/aromatic N) is 1. The average Bonchev–Trinajstić information content (AvgIpc) is 2.26. The Morgan fingerprint density at radius 2 is 2.07 bits per heavy atom. The van der Waals surface area contributed by atoms with E-state index < -0.39 is 0 Å². The molecule has 1 atom stereocenters. The van der Waals surface area contributed by atoms with E-state index >= 15 is 0 Å². The molecule has 0 spiro atoms. The molecule has 0 radical (unpaired) electrons. The zero-order chi connectivity index (χ0) is 11.3. The summed E-state index contributed by atoms with van der Waals surface area (Å²) >= 11 is 0. The molecule has 4 N–H and O–H groups in total. The molecular formula is C11H23N3O. The number of hydrogen-bond acceptors (Lipinski definition) is 2. The quantitative estimate of drug-likeness (QED) is 0.735. The zero-order valence-electron chi connectivity index (χ0n) is 9.61. The molecule has 0 aromatic heterocycles. The maximum Gasteiger partial charge on any atom is 0.314 e. The van der Waals surface area contributed by atoms with E-state index in [-0.39, 0.29) is 6.03 Å². The fraction of sp³-hybridized carbons (Fsp3) is 0.909. The Kier molecular flexibility index (Phi) is 4.88. The van der Waals surface area contributed by atoms with Crippen LogP contribution in [0.3, 0.4) is 0 Å². The summed E-state index contributed by atoms with van der Waals surface area (Å²) in [5, 5.41) is 0. The number of carbonyl (C=O) groups excluding carboxylic acids is 1. The van der Waals surface area contributed by atoms with E-state index in [1.54, 1.807) is 4.90 Å². The highest BCUT2D eigenvalue weighted by atomic mass is 16.2. The van der Waals surface area contributed by atoms with E-state index in [4.69, 9.17) is 11.5 Å². The summed E-state index contributed by atoms with van der Waals surface area (Å²) in [4.78, 5) is 12.6. The van der Waals surface area contributed by atoms with Crippen LogP contribution in [-0.2, 0) is 0 Å². The molecule has 1 aliphatic heterocycles. The van der Waals surface area contributed by atoms with Crippen molar-refractivity contribution in [2.45, 2.75) is 32.6 Å². The lowest BCUT2D eigenvalue weighted by molar-refractivity contribution is 0.174. The minimum atomic E-state index is -0.274. The van der Waals surface area contributed by atoms with Gasteiger partial charge in [-0.25, -0.2) is 4.79 Å². The third-order valence-electron chi connectivity index (χ3n) is 3.40. The first-order valence-electron chi connectivity index (χ1n) is 5.88. The van der Waals surface area contributed by atoms with Crippen molar-refractivity contribution in [1.29, 1.82) is 0 Å². The van der Waals surface area contributed by atoms with Crippen molar-refractivity contribution >= 4 is 6.03 Å². The average molecular weight is 213 g/mol. The largest absolute Gasteiger partial charge is 0.351 e. The molecule has 88 valence electrons. The van der Waals surface area contributed by atoms with Crippen molar-refractivity contribution in [2.75, 3.05) is 19.6 Å². The Morgan fingerprint density at radius 1 is 1.47 bits per heavy atom. The molecule has 1 rings (SSSR count). The van der Waals surface area contributed by atoms with Crippen LogP contribution in [0, 0.1) is 11.8 Å². The second kappa shape index (κ2) is 5.95. The van der Waals surface area contributed by atoms with Crippen molar-refractivity contribution in [1.82, 2.24) is 4.90 Å². The Labute approximate surface area is 92.0 Å². The first-order valence-corrected chi connectivity index (χ1v) is 5.88. The Hall–Kier alpha value is -0.770. The summed E-state index contributed by atoms with van der Waals surface area (Å²) < 4.78 is 0. The summed E-state index contributed by atoms with van der Waals surface area (Å²) in [6.45, 7) is 4.63. The molecule has 0 aliphatic carbocycles. The number of piperidine rings is 1. The van der Waals surface area contributed by atoms with Crippen LogP contribution in [0.2, 0.25) is 0 Å². The predicted octanol–water partition coefficient (Wildman–Crippen LogP) is 1.15. The van der Waals surface area contributed by atoms with Gasteiger partial charge in [0.1, 0.15) is 0 Å². The molecule has 2 amide bonds. The standard InChI is InChI=1S/C11H23N3O/c1-9(8-12)2-3-10-4-6-14(7-5-10)11(13)15/h9-10H,2-8,12H2,1H3,(H2,13,15). The van der Waals surface area contributed by atoms with E-state index in [1.807, 2.05) is 0 Å². The fourth-order valence-electron chi connectivity index (χ4n) is 2.08. The highest BCUT2D eigenvalue weighted by molar-refractivity contribution is 5.72. The first-order chi connectivity index (χ1) is 7.13. The van der Waals surface area contributed by atoms with Gasteiger partial charge in [-0.1, -0.05) is 13.3 Å². The van der Waals surface area contributed by atoms with Crippen molar-refractivity contribution in [2.24, 2.45) is 23.3 Å². The second-order valence-corrected chi connectivity index (χ2v) is 4.69. The molecule has 1 fully saturated rings. The van der Waals surface area contributed by atoms with Crippen LogP contribution in [0.4, 0.5) is 4.79 Å². The summed E-state index contributed by atoms with van der Waals surface area (Å²) in [6, 6.07) is -0.274. The van der Waals surface area contributed by atoms with Gasteiger partial charge in [-0.15, -0.1) is 0 Å². The van der Waals surface area contributed by atoms with Crippen LogP contribution in [0.25, 0.3) is 0 Å². The topological polar surface area (TPSA) is 72.3 Å². The maximum atomic E-state index is 10.9. The van der Waals surface area contributed by atoms with Gasteiger partial charge in [-0.2, -0.15) is 0 Å². The number of urea groups is 1. The molecule has 1 unspecified atom stereocenters. The van der Waals surface area contributed by atoms with Crippen molar-refractivity contribution < 1.29 is 4.79 Å². The first kappa shape index (κ1) is 12.3. The second-order valence-electron chi connectivity index (χ2n) is 4.69. The van der Waals surface area contributed by atoms with Crippen LogP contribution in [0.5, 0.6) is 0 Å². The third kappa shape index (κ3) is 4.08. The lowest BCUT2D eigenvalue weighted by Gasteiger charge is -2.31. The van der Waals surface area contributed by atoms with Gasteiger partial charge in [0, 0.05) is 13.1 Å². The number of hydrogen-bond donors (Lipinski definition) is 2. The number of rotatable bonds is 4. The molecule has 0 bridgehead atoms. The van der Waals surface area contributed by atoms with Crippen molar-refractivity contribution in [3.05, 3.63) is 0 Å². The van der Waals surface area contributed by atoms with Crippen LogP contribution in [0.1, 0.15) is 32.6 Å². The van der Waals surface area contributed by atoms with Crippen LogP contribution < -0.4 is 11.5 Å². The molecule has 0 aromatic rings. The van der Waals surface area contributed by atoms with Crippen LogP contribution in [-0.4, -0.2) is 30.6 Å². The van der Waals surface area contributed by atoms with Gasteiger partial charge in [0.15, 0.2) is 0 Å². The van der Waals surface area contributed by atoms with E-state index in [1.165, 1.54) is 12.8 Å². The molecule has 0 saturated carbocycles. The fourth-order valence-corrected chi connectivity index (χ4v) is 2.08. The predicted molar refractivity (Wildman–Crippen MR) is 61.3 cm³/mol. The summed E-state index contributed by atoms with van der Waals surface area (Å²) in [5.74, 6) is 1.38. The lowest BCUT2D eigenvalue weighted by atomic mass is 9.89. The van der Waals surface area contributed by atoms with E-state index in [0.717, 1.165) is 38.4 Å². The molecule has 0 aromatic carbocycles. The van der Waals surface area contributed by atoms with Crippen LogP contribution in [0.15, 0.2) is 0 Å². The zero-order valence-corrected chi connectivity index (χ0v) is 9.61. The van der Waals surface area contributed by atoms with Gasteiger partial charge in [-0.3, -0.25) is 0 Å². The third-order valence-corrected chi connectivity index (χ3v) is 3.40. The molecule has 4 nitrogen and oxygen atoms in total. The minimum Gasteiger partial charge on any atom is -0.351 e. The SMILES string of the molecule is CC(CN)CCC1CCN(C(N)=O)CC1. The van der Waals surface area contributed by atoms with Gasteiger partial charge in [0.2, 0.25) is 0 Å². The van der Waals surface area contributed by atoms with Crippen LogP contribution >= 0.6 is 0 Å². The summed E-state index contributed by atoms with van der Waals surface area (Å²) in [5.41, 5.74) is 10.8. The normalized spacial score (nSPS) is 20.3. The Balaban J connectivity index is 2.17. The number of nitrogens with two attached hydrogens (primary N) is 2. The molecule has 15 heavy (non-hydrogen) atoms. The van der Waals surface area contributed by atoms with E-state index in [0.29, 0.717) is 5.92 Å². The van der Waals surface area contributed by atoms with E-state index in [2.05, 4.69) is 6.92 Å². The van der Waals surface area contributed by atoms with Gasteiger partial charge in [-0.05, 0) is 37.6 Å². The number of carbonyl (C=O) groups is 1. The minimum absolute atomic E-state index is 0.274. The summed E-state index contributed by atoms with van der Waals surface area (Å²) in [7, 11) is 0. The molecule has 4 heteroatoms. The Morgan fingerprint density at radius 3 is 2.53 bits per heavy atom. The van der Waals surface area contributed by atoms with E-state index in [9.17, 15) is 4.79 Å². The van der Waals surface area contributed by atoms with Gasteiger partial charge >= 0.3 is 6.03 Å². The van der Waals surface area contributed by atoms with Crippen molar-refractivity contribution in [3.8, 4) is 0 Å². The van der Waals surface area contributed by atoms with Crippen molar-refractivity contribution in [3.63, 3.8) is 0 Å². The molecule has 1 heterocycles. The monoisotopic (exact) mass is 213 g/mol. The van der Waals surface area contributed by atoms with Gasteiger partial charge in [0.05, 0.1) is 0 Å². The molecular weight excluding hydrogens is 190 g/mol. The molecule has 1 aliphatic rings. The Bertz CT molecular complexity index is 200. The molecule has 1 saturated heterocycles. The number of likely N-dealkylation sites (tertiary alicyclic amines) is 1. The maximum absolute atomic E-state index is 10.9. The van der Waals surface area contributed by atoms with Gasteiger partial charge in [0.25, 0.3) is 0 Å². The highest BCUT2D eigenvalue weighted by Crippen LogP contribution is 2.23. The number of primary amides is 1. The lowest BCUT2D eigenvalue weighted by Crippen LogP contribution is -2.41. The summed E-state index contributed by atoms with van der Waals surface area (Å²) in [6.07, 6.45) is 4.64. The smallest absolute Gasteiger partial charge is 0.314 e. The van der Waals surface area contributed by atoms with Gasteiger partial charge < -0.3 is 16.4 Å².